The molecule has 0 bridgehead atoms. The smallest absolute Gasteiger partial charge is 0.124 e. The maximum atomic E-state index is 13.1. The van der Waals surface area contributed by atoms with Gasteiger partial charge in [0.15, 0.2) is 0 Å². The number of rotatable bonds is 3. The van der Waals surface area contributed by atoms with Crippen LogP contribution >= 0.6 is 43.2 Å². The molecule has 0 radical (unpaired) electrons. The lowest BCUT2D eigenvalue weighted by atomic mass is 10.1. The summed E-state index contributed by atoms with van der Waals surface area (Å²) in [5.74, 6) is -0.232. The predicted octanol–water partition coefficient (Wildman–Crippen LogP) is 5.03. The van der Waals surface area contributed by atoms with Gasteiger partial charge in [0.25, 0.3) is 0 Å². The largest absolute Gasteiger partial charge is 0.309 e. The van der Waals surface area contributed by atoms with Crippen LogP contribution in [0, 0.1) is 12.7 Å². The van der Waals surface area contributed by atoms with Crippen LogP contribution in [0.5, 0.6) is 0 Å². The van der Waals surface area contributed by atoms with Gasteiger partial charge in [0.1, 0.15) is 5.82 Å². The van der Waals surface area contributed by atoms with Crippen molar-refractivity contribution in [1.29, 1.82) is 0 Å². The second-order valence-corrected chi connectivity index (χ2v) is 6.94. The number of aryl methyl sites for hydroxylation is 1. The fraction of sp³-hybridized carbons (Fsp3) is 0.231. The van der Waals surface area contributed by atoms with E-state index >= 15 is 0 Å². The summed E-state index contributed by atoms with van der Waals surface area (Å²) in [6, 6.07) is 6.96. The lowest BCUT2D eigenvalue weighted by Crippen LogP contribution is -2.17. The van der Waals surface area contributed by atoms with Crippen LogP contribution in [-0.4, -0.2) is 7.05 Å². The number of hydrogen-bond acceptors (Lipinski definition) is 2. The van der Waals surface area contributed by atoms with Gasteiger partial charge in [-0.1, -0.05) is 22.0 Å². The summed E-state index contributed by atoms with van der Waals surface area (Å²) >= 11 is 8.68. The summed E-state index contributed by atoms with van der Waals surface area (Å²) in [6.45, 7) is 2.07. The molecule has 1 atom stereocenters. The Morgan fingerprint density at radius 3 is 2.44 bits per heavy atom. The Balaban J connectivity index is 2.45. The molecule has 1 unspecified atom stereocenters. The molecule has 0 amide bonds. The van der Waals surface area contributed by atoms with Gasteiger partial charge in [0.05, 0.1) is 6.04 Å². The third kappa shape index (κ3) is 2.85. The first-order valence-electron chi connectivity index (χ1n) is 5.41. The molecule has 1 nitrogen and oxygen atoms in total. The van der Waals surface area contributed by atoms with E-state index in [0.717, 1.165) is 14.5 Å². The second kappa shape index (κ2) is 5.82. The van der Waals surface area contributed by atoms with Crippen LogP contribution in [0.15, 0.2) is 33.2 Å². The molecule has 0 aliphatic rings. The molecule has 0 aliphatic carbocycles. The highest BCUT2D eigenvalue weighted by molar-refractivity contribution is 9.10. The number of hydrogen-bond donors (Lipinski definition) is 1. The van der Waals surface area contributed by atoms with E-state index in [4.69, 9.17) is 0 Å². The Kier molecular flexibility index (Phi) is 4.59. The SMILES string of the molecule is CNC(c1cc(Br)c(C)s1)c1ccc(F)cc1Br. The number of thiophene rings is 1. The van der Waals surface area contributed by atoms with Crippen LogP contribution in [-0.2, 0) is 0 Å². The van der Waals surface area contributed by atoms with Gasteiger partial charge in [0.2, 0.25) is 0 Å². The zero-order valence-corrected chi connectivity index (χ0v) is 13.9. The van der Waals surface area contributed by atoms with E-state index in [1.54, 1.807) is 11.3 Å². The highest BCUT2D eigenvalue weighted by Crippen LogP contribution is 2.36. The van der Waals surface area contributed by atoms with Gasteiger partial charge in [-0.2, -0.15) is 0 Å². The minimum Gasteiger partial charge on any atom is -0.309 e. The number of benzene rings is 1. The van der Waals surface area contributed by atoms with E-state index in [2.05, 4.69) is 50.2 Å². The molecule has 5 heteroatoms. The van der Waals surface area contributed by atoms with Gasteiger partial charge in [-0.3, -0.25) is 0 Å². The maximum Gasteiger partial charge on any atom is 0.124 e. The van der Waals surface area contributed by atoms with E-state index in [0.29, 0.717) is 0 Å². The molecule has 1 aromatic carbocycles. The summed E-state index contributed by atoms with van der Waals surface area (Å²) < 4.78 is 15.0. The normalized spacial score (nSPS) is 12.7. The Hall–Kier alpha value is -0.230. The first-order chi connectivity index (χ1) is 8.52. The van der Waals surface area contributed by atoms with Crippen molar-refractivity contribution in [1.82, 2.24) is 5.32 Å². The highest BCUT2D eigenvalue weighted by Gasteiger charge is 2.18. The lowest BCUT2D eigenvalue weighted by molar-refractivity contribution is 0.622. The Bertz CT molecular complexity index is 549. The minimum absolute atomic E-state index is 0.0648. The van der Waals surface area contributed by atoms with E-state index in [9.17, 15) is 4.39 Å². The summed E-state index contributed by atoms with van der Waals surface area (Å²) in [5, 5.41) is 3.27. The quantitative estimate of drug-likeness (QED) is 0.772. The van der Waals surface area contributed by atoms with Crippen molar-refractivity contribution in [2.45, 2.75) is 13.0 Å². The predicted molar refractivity (Wildman–Crippen MR) is 81.8 cm³/mol. The fourth-order valence-corrected chi connectivity index (χ4v) is 4.08. The van der Waals surface area contributed by atoms with Gasteiger partial charge in [0, 0.05) is 18.7 Å². The summed E-state index contributed by atoms with van der Waals surface area (Å²) in [5.41, 5.74) is 1.03. The van der Waals surface area contributed by atoms with Crippen molar-refractivity contribution in [2.75, 3.05) is 7.05 Å². The van der Waals surface area contributed by atoms with Crippen molar-refractivity contribution in [3.05, 3.63) is 54.3 Å². The molecule has 1 aromatic heterocycles. The van der Waals surface area contributed by atoms with Gasteiger partial charge in [-0.05, 0) is 53.7 Å². The maximum absolute atomic E-state index is 13.1. The molecule has 2 rings (SSSR count). The third-order valence-electron chi connectivity index (χ3n) is 2.72. The van der Waals surface area contributed by atoms with Gasteiger partial charge in [-0.25, -0.2) is 4.39 Å². The highest BCUT2D eigenvalue weighted by atomic mass is 79.9. The minimum atomic E-state index is -0.232. The molecule has 18 heavy (non-hydrogen) atoms. The topological polar surface area (TPSA) is 12.0 Å². The summed E-state index contributed by atoms with van der Waals surface area (Å²) in [7, 11) is 1.91. The lowest BCUT2D eigenvalue weighted by Gasteiger charge is -2.16. The van der Waals surface area contributed by atoms with E-state index < -0.39 is 0 Å². The van der Waals surface area contributed by atoms with Crippen LogP contribution in [0.3, 0.4) is 0 Å². The second-order valence-electron chi connectivity index (χ2n) is 3.94. The summed E-state index contributed by atoms with van der Waals surface area (Å²) in [6.07, 6.45) is 0. The fourth-order valence-electron chi connectivity index (χ4n) is 1.81. The number of nitrogens with one attached hydrogen (secondary N) is 1. The average molecular weight is 393 g/mol. The van der Waals surface area contributed by atoms with Crippen molar-refractivity contribution in [3.8, 4) is 0 Å². The van der Waals surface area contributed by atoms with Crippen LogP contribution in [0.4, 0.5) is 4.39 Å². The Morgan fingerprint density at radius 2 is 1.94 bits per heavy atom. The average Bonchev–Trinajstić information content (AvgIpc) is 2.63. The van der Waals surface area contributed by atoms with Crippen molar-refractivity contribution in [2.24, 2.45) is 0 Å². The van der Waals surface area contributed by atoms with Gasteiger partial charge < -0.3 is 5.32 Å². The first-order valence-corrected chi connectivity index (χ1v) is 7.81. The molecule has 0 spiro atoms. The molecule has 0 saturated carbocycles. The van der Waals surface area contributed by atoms with Crippen LogP contribution < -0.4 is 5.32 Å². The van der Waals surface area contributed by atoms with Gasteiger partial charge >= 0.3 is 0 Å². The zero-order valence-electron chi connectivity index (χ0n) is 9.93. The van der Waals surface area contributed by atoms with Crippen molar-refractivity contribution < 1.29 is 4.39 Å². The molecular formula is C13H12Br2FNS. The third-order valence-corrected chi connectivity index (χ3v) is 5.61. The van der Waals surface area contributed by atoms with E-state index in [1.165, 1.54) is 21.9 Å². The number of halogens is 3. The molecule has 1 N–H and O–H groups in total. The Labute approximate surface area is 127 Å². The standard InChI is InChI=1S/C13H12Br2FNS/c1-7-10(14)6-12(18-7)13(17-2)9-4-3-8(16)5-11(9)15/h3-6,13,17H,1-2H3. The molecular weight excluding hydrogens is 381 g/mol. The monoisotopic (exact) mass is 391 g/mol. The van der Waals surface area contributed by atoms with Crippen molar-refractivity contribution >= 4 is 43.2 Å². The van der Waals surface area contributed by atoms with Crippen LogP contribution in [0.25, 0.3) is 0 Å². The van der Waals surface area contributed by atoms with E-state index in [1.807, 2.05) is 13.1 Å². The Morgan fingerprint density at radius 1 is 1.22 bits per heavy atom. The molecule has 96 valence electrons. The van der Waals surface area contributed by atoms with Gasteiger partial charge in [-0.15, -0.1) is 11.3 Å². The molecule has 0 aliphatic heterocycles. The summed E-state index contributed by atoms with van der Waals surface area (Å²) in [4.78, 5) is 2.44. The first kappa shape index (κ1) is 14.2. The molecule has 0 saturated heterocycles. The van der Waals surface area contributed by atoms with E-state index in [-0.39, 0.29) is 11.9 Å². The molecule has 0 fully saturated rings. The zero-order chi connectivity index (χ0) is 13.3. The van der Waals surface area contributed by atoms with Crippen LogP contribution in [0.2, 0.25) is 0 Å². The molecule has 2 aromatic rings. The molecule has 1 heterocycles. The van der Waals surface area contributed by atoms with Crippen LogP contribution in [0.1, 0.15) is 21.4 Å². The van der Waals surface area contributed by atoms with Crippen molar-refractivity contribution in [3.63, 3.8) is 0 Å².